The van der Waals surface area contributed by atoms with Gasteiger partial charge in [-0.15, -0.1) is 0 Å². The fourth-order valence-corrected chi connectivity index (χ4v) is 7.54. The number of aromatic nitrogens is 1. The van der Waals surface area contributed by atoms with Crippen LogP contribution in [0.5, 0.6) is 0 Å². The molecule has 0 radical (unpaired) electrons. The first-order valence-corrected chi connectivity index (χ1v) is 11.4. The van der Waals surface area contributed by atoms with Gasteiger partial charge in [0.2, 0.25) is 5.91 Å². The molecule has 1 amide bonds. The molecule has 3 heteroatoms. The van der Waals surface area contributed by atoms with E-state index in [1.165, 1.54) is 55.2 Å². The predicted octanol–water partition coefficient (Wildman–Crippen LogP) is 5.39. The van der Waals surface area contributed by atoms with Crippen molar-refractivity contribution in [1.29, 1.82) is 0 Å². The Bertz CT molecular complexity index is 830. The van der Waals surface area contributed by atoms with Gasteiger partial charge >= 0.3 is 0 Å². The Morgan fingerprint density at radius 2 is 1.96 bits per heavy atom. The Kier molecular flexibility index (Phi) is 4.23. The van der Waals surface area contributed by atoms with E-state index in [-0.39, 0.29) is 11.0 Å². The molecule has 2 aliphatic heterocycles. The number of nitrogens with zero attached hydrogens (tertiary/aromatic N) is 2. The summed E-state index contributed by atoms with van der Waals surface area (Å²) in [7, 11) is 0. The molecule has 4 aliphatic rings. The van der Waals surface area contributed by atoms with Gasteiger partial charge in [0.15, 0.2) is 0 Å². The molecule has 5 unspecified atom stereocenters. The number of allylic oxidation sites excluding steroid dienone is 2. The number of rotatable bonds is 1. The summed E-state index contributed by atoms with van der Waals surface area (Å²) in [4.78, 5) is 19.6. The summed E-state index contributed by atoms with van der Waals surface area (Å²) in [6.45, 7) is 8.05. The SMILES string of the molecule is Cc1cncc(C2=CCC3C4CCN5C(=O)CCCCC5(C)C4CCC23C)c1. The Morgan fingerprint density at radius 1 is 1.11 bits per heavy atom. The third-order valence-corrected chi connectivity index (χ3v) is 8.93. The topological polar surface area (TPSA) is 33.2 Å². The molecule has 3 nitrogen and oxygen atoms in total. The summed E-state index contributed by atoms with van der Waals surface area (Å²) in [5.41, 5.74) is 4.47. The molecule has 0 bridgehead atoms. The molecular formula is C25H34N2O. The normalized spacial score (nSPS) is 40.2. The monoisotopic (exact) mass is 378 g/mol. The van der Waals surface area contributed by atoms with Crippen molar-refractivity contribution in [1.82, 2.24) is 9.88 Å². The highest BCUT2D eigenvalue weighted by Gasteiger charge is 2.58. The molecular weight excluding hydrogens is 344 g/mol. The van der Waals surface area contributed by atoms with Crippen molar-refractivity contribution >= 4 is 11.5 Å². The van der Waals surface area contributed by atoms with Crippen LogP contribution in [0.15, 0.2) is 24.5 Å². The number of fused-ring (bicyclic) bond motifs is 5. The number of hydrogen-bond donors (Lipinski definition) is 0. The van der Waals surface area contributed by atoms with E-state index < -0.39 is 0 Å². The lowest BCUT2D eigenvalue weighted by Gasteiger charge is -2.59. The molecule has 28 heavy (non-hydrogen) atoms. The van der Waals surface area contributed by atoms with Crippen molar-refractivity contribution in [2.24, 2.45) is 23.2 Å². The summed E-state index contributed by atoms with van der Waals surface area (Å²) >= 11 is 0. The number of carbonyl (C=O) groups is 1. The van der Waals surface area contributed by atoms with Gasteiger partial charge in [-0.2, -0.15) is 0 Å². The van der Waals surface area contributed by atoms with Crippen molar-refractivity contribution in [3.8, 4) is 0 Å². The number of aryl methyl sites for hydroxylation is 1. The Morgan fingerprint density at radius 3 is 2.79 bits per heavy atom. The van der Waals surface area contributed by atoms with Gasteiger partial charge in [0.05, 0.1) is 0 Å². The molecule has 1 saturated carbocycles. The first kappa shape index (κ1) is 18.4. The smallest absolute Gasteiger partial charge is 0.223 e. The van der Waals surface area contributed by atoms with Crippen LogP contribution in [0.3, 0.4) is 0 Å². The van der Waals surface area contributed by atoms with Crippen molar-refractivity contribution in [2.45, 2.75) is 77.7 Å². The van der Waals surface area contributed by atoms with E-state index in [9.17, 15) is 4.79 Å². The first-order valence-electron chi connectivity index (χ1n) is 11.4. The van der Waals surface area contributed by atoms with Gasteiger partial charge in [0.1, 0.15) is 0 Å². The number of pyridine rings is 1. The van der Waals surface area contributed by atoms with Crippen LogP contribution in [0.2, 0.25) is 0 Å². The number of carbonyl (C=O) groups excluding carboxylic acids is 1. The van der Waals surface area contributed by atoms with Crippen LogP contribution in [0.1, 0.15) is 76.3 Å². The second kappa shape index (κ2) is 6.43. The van der Waals surface area contributed by atoms with Gasteiger partial charge in [-0.05, 0) is 98.3 Å². The summed E-state index contributed by atoms with van der Waals surface area (Å²) in [6, 6.07) is 2.31. The summed E-state index contributed by atoms with van der Waals surface area (Å²) < 4.78 is 0. The van der Waals surface area contributed by atoms with Crippen molar-refractivity contribution in [3.63, 3.8) is 0 Å². The highest BCUT2D eigenvalue weighted by atomic mass is 16.2. The second-order valence-corrected chi connectivity index (χ2v) is 10.3. The zero-order valence-corrected chi connectivity index (χ0v) is 17.7. The van der Waals surface area contributed by atoms with E-state index in [1.54, 1.807) is 0 Å². The molecule has 1 aromatic heterocycles. The average Bonchev–Trinajstić information content (AvgIpc) is 2.94. The minimum Gasteiger partial charge on any atom is -0.337 e. The van der Waals surface area contributed by atoms with E-state index in [2.05, 4.69) is 49.0 Å². The highest BCUT2D eigenvalue weighted by molar-refractivity contribution is 5.78. The minimum absolute atomic E-state index is 0.0888. The van der Waals surface area contributed by atoms with Crippen molar-refractivity contribution in [2.75, 3.05) is 6.54 Å². The maximum absolute atomic E-state index is 12.8. The van der Waals surface area contributed by atoms with Crippen LogP contribution in [-0.4, -0.2) is 27.9 Å². The molecule has 3 heterocycles. The molecule has 3 fully saturated rings. The van der Waals surface area contributed by atoms with Crippen LogP contribution in [0.25, 0.3) is 5.57 Å². The maximum atomic E-state index is 12.8. The Balaban J connectivity index is 1.47. The molecule has 5 rings (SSSR count). The van der Waals surface area contributed by atoms with E-state index in [4.69, 9.17) is 0 Å². The lowest BCUT2D eigenvalue weighted by molar-refractivity contribution is -0.150. The fourth-order valence-electron chi connectivity index (χ4n) is 7.54. The lowest BCUT2D eigenvalue weighted by Crippen LogP contribution is -2.62. The Hall–Kier alpha value is -1.64. The Labute approximate surface area is 169 Å². The largest absolute Gasteiger partial charge is 0.337 e. The molecule has 2 aliphatic carbocycles. The second-order valence-electron chi connectivity index (χ2n) is 10.3. The van der Waals surface area contributed by atoms with E-state index in [0.717, 1.165) is 31.2 Å². The quantitative estimate of drug-likeness (QED) is 0.656. The van der Waals surface area contributed by atoms with Crippen molar-refractivity contribution < 1.29 is 4.79 Å². The average molecular weight is 379 g/mol. The third kappa shape index (κ3) is 2.54. The first-order chi connectivity index (χ1) is 13.4. The molecule has 0 spiro atoms. The van der Waals surface area contributed by atoms with Gasteiger partial charge in [-0.3, -0.25) is 9.78 Å². The van der Waals surface area contributed by atoms with Gasteiger partial charge in [0, 0.05) is 30.9 Å². The zero-order chi connectivity index (χ0) is 19.5. The molecule has 2 saturated heterocycles. The minimum atomic E-state index is 0.0888. The van der Waals surface area contributed by atoms with Gasteiger partial charge in [-0.1, -0.05) is 19.4 Å². The molecule has 5 atom stereocenters. The van der Waals surface area contributed by atoms with E-state index in [0.29, 0.717) is 11.8 Å². The lowest BCUT2D eigenvalue weighted by atomic mass is 9.52. The van der Waals surface area contributed by atoms with Crippen LogP contribution in [0, 0.1) is 30.1 Å². The zero-order valence-electron chi connectivity index (χ0n) is 17.7. The molecule has 150 valence electrons. The van der Waals surface area contributed by atoms with Gasteiger partial charge < -0.3 is 4.90 Å². The standard InChI is InChI=1S/C25H34N2O/c1-17-14-18(16-26-15-17)20-7-8-21-19-10-13-27-23(28)6-4-5-11-25(27,3)22(19)9-12-24(20,21)2/h7,14-16,19,21-22H,4-6,8-13H2,1-3H3. The van der Waals surface area contributed by atoms with Gasteiger partial charge in [0.25, 0.3) is 0 Å². The number of amides is 1. The molecule has 0 aromatic carbocycles. The number of piperidine rings is 1. The summed E-state index contributed by atoms with van der Waals surface area (Å²) in [6.07, 6.45) is 15.7. The van der Waals surface area contributed by atoms with Crippen LogP contribution >= 0.6 is 0 Å². The summed E-state index contributed by atoms with van der Waals surface area (Å²) in [5, 5.41) is 0. The summed E-state index contributed by atoms with van der Waals surface area (Å²) in [5.74, 6) is 2.56. The third-order valence-electron chi connectivity index (χ3n) is 8.93. The van der Waals surface area contributed by atoms with Crippen LogP contribution in [-0.2, 0) is 4.79 Å². The fraction of sp³-hybridized carbons (Fsp3) is 0.680. The molecule has 0 N–H and O–H groups in total. The van der Waals surface area contributed by atoms with Crippen molar-refractivity contribution in [3.05, 3.63) is 35.7 Å². The molecule has 1 aromatic rings. The predicted molar refractivity (Wildman–Crippen MR) is 113 cm³/mol. The van der Waals surface area contributed by atoms with Gasteiger partial charge in [-0.25, -0.2) is 0 Å². The maximum Gasteiger partial charge on any atom is 0.223 e. The van der Waals surface area contributed by atoms with E-state index in [1.807, 2.05) is 6.20 Å². The van der Waals surface area contributed by atoms with E-state index >= 15 is 0 Å². The highest BCUT2D eigenvalue weighted by Crippen LogP contribution is 2.63. The van der Waals surface area contributed by atoms with Crippen LogP contribution in [0.4, 0.5) is 0 Å². The van der Waals surface area contributed by atoms with Crippen LogP contribution < -0.4 is 0 Å². The number of hydrogen-bond acceptors (Lipinski definition) is 2.